The number of nitrogens with zero attached hydrogens (tertiary/aromatic N) is 4. The Morgan fingerprint density at radius 3 is 2.60 bits per heavy atom. The van der Waals surface area contributed by atoms with Crippen molar-refractivity contribution in [2.24, 2.45) is 12.8 Å². The van der Waals surface area contributed by atoms with E-state index in [1.54, 1.807) is 0 Å². The number of aryl methyl sites for hydroxylation is 1. The van der Waals surface area contributed by atoms with Crippen molar-refractivity contribution in [3.05, 3.63) is 41.0 Å². The largest absolute Gasteiger partial charge is 0.416 e. The molecule has 5 nitrogen and oxygen atoms in total. The second kappa shape index (κ2) is 5.16. The van der Waals surface area contributed by atoms with E-state index >= 15 is 0 Å². The molecule has 0 radical (unpaired) electrons. The lowest BCUT2D eigenvalue weighted by Gasteiger charge is -2.14. The van der Waals surface area contributed by atoms with Gasteiger partial charge in [-0.3, -0.25) is 0 Å². The zero-order valence-corrected chi connectivity index (χ0v) is 10.4. The number of aromatic nitrogens is 4. The van der Waals surface area contributed by atoms with E-state index in [4.69, 9.17) is 5.73 Å². The molecule has 0 fully saturated rings. The summed E-state index contributed by atoms with van der Waals surface area (Å²) < 4.78 is 51.4. The smallest absolute Gasteiger partial charge is 0.323 e. The van der Waals surface area contributed by atoms with Crippen molar-refractivity contribution in [2.45, 2.75) is 18.6 Å². The van der Waals surface area contributed by atoms with Crippen molar-refractivity contribution in [3.8, 4) is 0 Å². The predicted molar refractivity (Wildman–Crippen MR) is 60.8 cm³/mol. The van der Waals surface area contributed by atoms with Crippen LogP contribution in [0.3, 0.4) is 0 Å². The van der Waals surface area contributed by atoms with Crippen LogP contribution >= 0.6 is 0 Å². The summed E-state index contributed by atoms with van der Waals surface area (Å²) in [4.78, 5) is 1.19. The quantitative estimate of drug-likeness (QED) is 0.872. The molecule has 20 heavy (non-hydrogen) atoms. The molecule has 108 valence electrons. The van der Waals surface area contributed by atoms with Gasteiger partial charge in [0.1, 0.15) is 5.82 Å². The summed E-state index contributed by atoms with van der Waals surface area (Å²) in [7, 11) is 1.53. The highest BCUT2D eigenvalue weighted by atomic mass is 19.4. The summed E-state index contributed by atoms with van der Waals surface area (Å²) in [6, 6.07) is 1.14. The third-order valence-corrected chi connectivity index (χ3v) is 2.68. The van der Waals surface area contributed by atoms with E-state index in [1.165, 1.54) is 11.8 Å². The summed E-state index contributed by atoms with van der Waals surface area (Å²) >= 11 is 0. The fourth-order valence-electron chi connectivity index (χ4n) is 1.72. The molecule has 0 saturated carbocycles. The number of hydrogen-bond donors (Lipinski definition) is 1. The Kier molecular flexibility index (Phi) is 3.71. The molecule has 2 N–H and O–H groups in total. The third kappa shape index (κ3) is 3.10. The summed E-state index contributed by atoms with van der Waals surface area (Å²) in [6.07, 6.45) is -4.56. The standard InChI is InChI=1S/C11H11F4N5/c1-20-18-10(17-19-20)5-9(16)7-4-6(11(13,14)15)2-3-8(7)12/h2-4,9H,5,16H2,1H3. The molecule has 0 aliphatic carbocycles. The van der Waals surface area contributed by atoms with E-state index in [9.17, 15) is 17.6 Å². The first-order chi connectivity index (χ1) is 9.27. The van der Waals surface area contributed by atoms with Crippen molar-refractivity contribution in [2.75, 3.05) is 0 Å². The van der Waals surface area contributed by atoms with Gasteiger partial charge in [-0.1, -0.05) is 0 Å². The van der Waals surface area contributed by atoms with E-state index in [0.717, 1.165) is 6.07 Å². The Morgan fingerprint density at radius 2 is 2.05 bits per heavy atom. The second-order valence-electron chi connectivity index (χ2n) is 4.24. The number of alkyl halides is 3. The van der Waals surface area contributed by atoms with Gasteiger partial charge in [-0.05, 0) is 23.4 Å². The van der Waals surface area contributed by atoms with Crippen LogP contribution in [-0.4, -0.2) is 20.2 Å². The van der Waals surface area contributed by atoms with Gasteiger partial charge < -0.3 is 5.73 Å². The molecule has 0 bridgehead atoms. The van der Waals surface area contributed by atoms with Gasteiger partial charge in [-0.25, -0.2) is 4.39 Å². The maximum atomic E-state index is 13.6. The minimum absolute atomic E-state index is 0.00787. The van der Waals surface area contributed by atoms with Crippen LogP contribution in [0, 0.1) is 5.82 Å². The Labute approximate surface area is 111 Å². The highest BCUT2D eigenvalue weighted by Gasteiger charge is 2.31. The first-order valence-electron chi connectivity index (χ1n) is 5.62. The van der Waals surface area contributed by atoms with Crippen LogP contribution in [0.4, 0.5) is 17.6 Å². The lowest BCUT2D eigenvalue weighted by atomic mass is 10.0. The van der Waals surface area contributed by atoms with E-state index in [2.05, 4.69) is 15.4 Å². The number of rotatable bonds is 3. The van der Waals surface area contributed by atoms with Crippen LogP contribution in [0.15, 0.2) is 18.2 Å². The molecule has 0 spiro atoms. The highest BCUT2D eigenvalue weighted by Crippen LogP contribution is 2.31. The highest BCUT2D eigenvalue weighted by molar-refractivity contribution is 5.29. The van der Waals surface area contributed by atoms with Crippen molar-refractivity contribution in [1.82, 2.24) is 20.2 Å². The normalized spacial score (nSPS) is 13.5. The molecule has 0 saturated heterocycles. The molecule has 0 aliphatic rings. The molecule has 1 aromatic carbocycles. The number of tetrazole rings is 1. The van der Waals surface area contributed by atoms with Gasteiger partial charge in [0.05, 0.1) is 12.6 Å². The summed E-state index contributed by atoms with van der Waals surface area (Å²) in [6.45, 7) is 0. The van der Waals surface area contributed by atoms with Crippen molar-refractivity contribution in [3.63, 3.8) is 0 Å². The number of hydrogen-bond acceptors (Lipinski definition) is 4. The zero-order chi connectivity index (χ0) is 14.9. The van der Waals surface area contributed by atoms with Gasteiger partial charge in [-0.2, -0.15) is 18.0 Å². The fourth-order valence-corrected chi connectivity index (χ4v) is 1.72. The van der Waals surface area contributed by atoms with Crippen LogP contribution in [0.25, 0.3) is 0 Å². The minimum Gasteiger partial charge on any atom is -0.323 e. The lowest BCUT2D eigenvalue weighted by Crippen LogP contribution is -2.17. The molecule has 1 aromatic heterocycles. The maximum absolute atomic E-state index is 13.6. The minimum atomic E-state index is -4.55. The van der Waals surface area contributed by atoms with Crippen molar-refractivity contribution >= 4 is 0 Å². The van der Waals surface area contributed by atoms with Crippen LogP contribution in [-0.2, 0) is 19.6 Å². The Bertz CT molecular complexity index is 607. The first kappa shape index (κ1) is 14.4. The van der Waals surface area contributed by atoms with E-state index in [-0.39, 0.29) is 17.8 Å². The fraction of sp³-hybridized carbons (Fsp3) is 0.364. The molecular weight excluding hydrogens is 278 g/mol. The molecular formula is C11H11F4N5. The van der Waals surface area contributed by atoms with Crippen LogP contribution in [0.1, 0.15) is 23.0 Å². The van der Waals surface area contributed by atoms with Crippen LogP contribution in [0.5, 0.6) is 0 Å². The average Bonchev–Trinajstić information content (AvgIpc) is 2.73. The molecule has 0 amide bonds. The molecule has 1 heterocycles. The van der Waals surface area contributed by atoms with Crippen LogP contribution in [0.2, 0.25) is 0 Å². The average molecular weight is 289 g/mol. The molecule has 0 aliphatic heterocycles. The van der Waals surface area contributed by atoms with Gasteiger partial charge in [-0.15, -0.1) is 10.2 Å². The Balaban J connectivity index is 2.27. The van der Waals surface area contributed by atoms with Crippen molar-refractivity contribution in [1.29, 1.82) is 0 Å². The molecule has 1 unspecified atom stereocenters. The van der Waals surface area contributed by atoms with E-state index < -0.39 is 23.6 Å². The molecule has 9 heteroatoms. The molecule has 2 rings (SSSR count). The lowest BCUT2D eigenvalue weighted by molar-refractivity contribution is -0.137. The molecule has 2 aromatic rings. The van der Waals surface area contributed by atoms with Gasteiger partial charge >= 0.3 is 6.18 Å². The van der Waals surface area contributed by atoms with Gasteiger partial charge in [0.25, 0.3) is 0 Å². The number of benzene rings is 1. The topological polar surface area (TPSA) is 69.6 Å². The molecule has 1 atom stereocenters. The predicted octanol–water partition coefficient (Wildman–Crippen LogP) is 1.61. The van der Waals surface area contributed by atoms with Gasteiger partial charge in [0.15, 0.2) is 5.82 Å². The number of halogens is 4. The number of nitrogens with two attached hydrogens (primary N) is 1. The Morgan fingerprint density at radius 1 is 1.35 bits per heavy atom. The SMILES string of the molecule is Cn1nnc(CC(N)c2cc(C(F)(F)F)ccc2F)n1. The van der Waals surface area contributed by atoms with Crippen LogP contribution < -0.4 is 5.73 Å². The summed E-state index contributed by atoms with van der Waals surface area (Å²) in [5.41, 5.74) is 4.55. The zero-order valence-electron chi connectivity index (χ0n) is 10.4. The third-order valence-electron chi connectivity index (χ3n) is 2.68. The van der Waals surface area contributed by atoms with Gasteiger partial charge in [0.2, 0.25) is 0 Å². The summed E-state index contributed by atoms with van der Waals surface area (Å²) in [5.74, 6) is -0.564. The van der Waals surface area contributed by atoms with E-state index in [0.29, 0.717) is 12.1 Å². The van der Waals surface area contributed by atoms with E-state index in [1.807, 2.05) is 0 Å². The maximum Gasteiger partial charge on any atom is 0.416 e. The van der Waals surface area contributed by atoms with Gasteiger partial charge in [0, 0.05) is 18.0 Å². The van der Waals surface area contributed by atoms with Crippen molar-refractivity contribution < 1.29 is 17.6 Å². The first-order valence-corrected chi connectivity index (χ1v) is 5.62. The second-order valence-corrected chi connectivity index (χ2v) is 4.24. The summed E-state index contributed by atoms with van der Waals surface area (Å²) in [5, 5.41) is 11.1. The monoisotopic (exact) mass is 289 g/mol. The Hall–Kier alpha value is -2.03.